The Bertz CT molecular complexity index is 1200. The fourth-order valence-corrected chi connectivity index (χ4v) is 4.65. The minimum absolute atomic E-state index is 0.149. The molecule has 5 nitrogen and oxygen atoms in total. The highest BCUT2D eigenvalue weighted by atomic mass is 32.2. The first kappa shape index (κ1) is 20.9. The Morgan fingerprint density at radius 2 is 1.68 bits per heavy atom. The Hall–Kier alpha value is -3.38. The number of anilines is 1. The quantitative estimate of drug-likeness (QED) is 0.565. The monoisotopic (exact) mass is 433 g/mol. The number of sulfone groups is 1. The van der Waals surface area contributed by atoms with Gasteiger partial charge in [0, 0.05) is 5.41 Å². The first-order valence-electron chi connectivity index (χ1n) is 10.0. The topological polar surface area (TPSA) is 63.7 Å². The molecule has 4 rings (SSSR count). The van der Waals surface area contributed by atoms with Gasteiger partial charge in [0.2, 0.25) is 0 Å². The number of fused-ring (bicyclic) bond motifs is 1. The fraction of sp³-hybridized carbons (Fsp3) is 0.160. The zero-order valence-electron chi connectivity index (χ0n) is 17.1. The van der Waals surface area contributed by atoms with Gasteiger partial charge in [-0.25, -0.2) is 13.2 Å². The molecule has 0 saturated heterocycles. The number of benzene rings is 3. The molecule has 0 radical (unpaired) electrons. The van der Waals surface area contributed by atoms with Crippen molar-refractivity contribution in [1.29, 1.82) is 0 Å². The summed E-state index contributed by atoms with van der Waals surface area (Å²) in [6, 6.07) is 23.2. The van der Waals surface area contributed by atoms with Gasteiger partial charge >= 0.3 is 6.09 Å². The minimum atomic E-state index is -3.62. The van der Waals surface area contributed by atoms with Crippen LogP contribution in [0.5, 0.6) is 0 Å². The lowest BCUT2D eigenvalue weighted by atomic mass is 10.1. The molecule has 0 N–H and O–H groups in total. The van der Waals surface area contributed by atoms with E-state index in [-0.39, 0.29) is 11.5 Å². The van der Waals surface area contributed by atoms with Crippen LogP contribution < -0.4 is 4.90 Å². The molecule has 0 aromatic heterocycles. The average molecular weight is 434 g/mol. The second kappa shape index (κ2) is 8.78. The summed E-state index contributed by atoms with van der Waals surface area (Å²) in [4.78, 5) is 14.7. The highest BCUT2D eigenvalue weighted by Crippen LogP contribution is 2.33. The van der Waals surface area contributed by atoms with Crippen LogP contribution in [0, 0.1) is 6.92 Å². The van der Waals surface area contributed by atoms with Crippen LogP contribution in [0.1, 0.15) is 16.7 Å². The van der Waals surface area contributed by atoms with Crippen molar-refractivity contribution >= 4 is 21.6 Å². The number of para-hydroxylation sites is 1. The molecule has 1 amide bonds. The largest absolute Gasteiger partial charge is 0.444 e. The van der Waals surface area contributed by atoms with Crippen LogP contribution in [0.15, 0.2) is 95.2 Å². The SMILES string of the molecule is Cc1ccc(S(=O)(=O)/C=C/C2Cc3ccccc3N2C(=O)OCc2ccccc2)cc1. The molecule has 1 atom stereocenters. The van der Waals surface area contributed by atoms with Gasteiger partial charge in [0.15, 0.2) is 9.84 Å². The van der Waals surface area contributed by atoms with Crippen LogP contribution in [0.3, 0.4) is 0 Å². The van der Waals surface area contributed by atoms with Crippen molar-refractivity contribution in [2.24, 2.45) is 0 Å². The number of aryl methyl sites for hydroxylation is 1. The Kier molecular flexibility index (Phi) is 5.91. The normalized spacial score (nSPS) is 15.8. The maximum Gasteiger partial charge on any atom is 0.415 e. The maximum atomic E-state index is 12.9. The molecule has 0 saturated carbocycles. The smallest absolute Gasteiger partial charge is 0.415 e. The van der Waals surface area contributed by atoms with E-state index >= 15 is 0 Å². The Morgan fingerprint density at radius 3 is 2.42 bits per heavy atom. The van der Waals surface area contributed by atoms with Gasteiger partial charge in [0.25, 0.3) is 0 Å². The summed E-state index contributed by atoms with van der Waals surface area (Å²) in [5, 5.41) is 1.19. The van der Waals surface area contributed by atoms with Crippen molar-refractivity contribution in [1.82, 2.24) is 0 Å². The van der Waals surface area contributed by atoms with Gasteiger partial charge in [0.05, 0.1) is 16.6 Å². The van der Waals surface area contributed by atoms with Crippen LogP contribution in [0.2, 0.25) is 0 Å². The Balaban J connectivity index is 1.56. The lowest BCUT2D eigenvalue weighted by molar-refractivity contribution is 0.146. The van der Waals surface area contributed by atoms with Crippen LogP contribution in [-0.2, 0) is 27.6 Å². The van der Waals surface area contributed by atoms with E-state index in [1.165, 1.54) is 10.3 Å². The molecule has 1 unspecified atom stereocenters. The van der Waals surface area contributed by atoms with Crippen LogP contribution in [0.4, 0.5) is 10.5 Å². The molecule has 0 fully saturated rings. The van der Waals surface area contributed by atoms with E-state index in [1.54, 1.807) is 30.3 Å². The first-order chi connectivity index (χ1) is 14.9. The molecular weight excluding hydrogens is 410 g/mol. The Morgan fingerprint density at radius 1 is 1.00 bits per heavy atom. The third-order valence-electron chi connectivity index (χ3n) is 5.24. The summed E-state index contributed by atoms with van der Waals surface area (Å²) in [7, 11) is -3.62. The lowest BCUT2D eigenvalue weighted by Gasteiger charge is -2.22. The number of rotatable bonds is 5. The number of hydrogen-bond donors (Lipinski definition) is 0. The van der Waals surface area contributed by atoms with Gasteiger partial charge in [-0.1, -0.05) is 66.2 Å². The van der Waals surface area contributed by atoms with Gasteiger partial charge in [-0.15, -0.1) is 0 Å². The summed E-state index contributed by atoms with van der Waals surface area (Å²) in [5.41, 5.74) is 3.59. The number of carbonyl (C=O) groups excluding carboxylic acids is 1. The van der Waals surface area contributed by atoms with Crippen molar-refractivity contribution in [2.75, 3.05) is 4.90 Å². The van der Waals surface area contributed by atoms with Gasteiger partial charge in [-0.2, -0.15) is 0 Å². The lowest BCUT2D eigenvalue weighted by Crippen LogP contribution is -2.37. The predicted octanol–water partition coefficient (Wildman–Crippen LogP) is 5.05. The van der Waals surface area contributed by atoms with Gasteiger partial charge in [0.1, 0.15) is 6.61 Å². The molecule has 1 aliphatic rings. The summed E-state index contributed by atoms with van der Waals surface area (Å²) in [6.45, 7) is 2.05. The maximum absolute atomic E-state index is 12.9. The van der Waals surface area contributed by atoms with Gasteiger partial charge in [-0.3, -0.25) is 4.90 Å². The predicted molar refractivity (Wildman–Crippen MR) is 121 cm³/mol. The molecule has 0 aliphatic carbocycles. The average Bonchev–Trinajstić information content (AvgIpc) is 3.16. The first-order valence-corrected chi connectivity index (χ1v) is 11.6. The molecule has 3 aromatic carbocycles. The number of amides is 1. The van der Waals surface area contributed by atoms with E-state index in [0.717, 1.165) is 22.4 Å². The number of carbonyl (C=O) groups is 1. The second-order valence-electron chi connectivity index (χ2n) is 7.50. The highest BCUT2D eigenvalue weighted by molar-refractivity contribution is 7.94. The zero-order chi connectivity index (χ0) is 21.8. The van der Waals surface area contributed by atoms with E-state index in [0.29, 0.717) is 6.42 Å². The number of hydrogen-bond acceptors (Lipinski definition) is 4. The molecule has 6 heteroatoms. The molecule has 31 heavy (non-hydrogen) atoms. The molecule has 158 valence electrons. The molecule has 0 bridgehead atoms. The summed E-state index contributed by atoms with van der Waals surface area (Å²) in [5.74, 6) is 0. The van der Waals surface area contributed by atoms with Gasteiger partial charge in [-0.05, 0) is 48.7 Å². The molecule has 1 aliphatic heterocycles. The van der Waals surface area contributed by atoms with E-state index in [4.69, 9.17) is 4.74 Å². The molecular formula is C25H23NO4S. The van der Waals surface area contributed by atoms with Crippen LogP contribution >= 0.6 is 0 Å². The van der Waals surface area contributed by atoms with E-state index in [9.17, 15) is 13.2 Å². The van der Waals surface area contributed by atoms with Crippen LogP contribution in [0.25, 0.3) is 0 Å². The third-order valence-corrected chi connectivity index (χ3v) is 6.69. The number of ether oxygens (including phenoxy) is 1. The Labute approximate surface area is 182 Å². The minimum Gasteiger partial charge on any atom is -0.444 e. The zero-order valence-corrected chi connectivity index (χ0v) is 18.0. The van der Waals surface area contributed by atoms with Crippen molar-refractivity contribution in [3.8, 4) is 0 Å². The van der Waals surface area contributed by atoms with E-state index in [2.05, 4.69) is 0 Å². The number of nitrogens with zero attached hydrogens (tertiary/aromatic N) is 1. The van der Waals surface area contributed by atoms with Crippen molar-refractivity contribution in [2.45, 2.75) is 30.9 Å². The van der Waals surface area contributed by atoms with Crippen molar-refractivity contribution < 1.29 is 17.9 Å². The second-order valence-corrected chi connectivity index (χ2v) is 9.33. The van der Waals surface area contributed by atoms with Crippen molar-refractivity contribution in [3.05, 3.63) is 107 Å². The van der Waals surface area contributed by atoms with E-state index in [1.807, 2.05) is 61.5 Å². The molecule has 3 aromatic rings. The van der Waals surface area contributed by atoms with Crippen LogP contribution in [-0.4, -0.2) is 20.6 Å². The standard InChI is InChI=1S/C25H23NO4S/c1-19-11-13-23(14-12-19)31(28,29)16-15-22-17-21-9-5-6-10-24(21)26(22)25(27)30-18-20-7-3-2-4-8-20/h2-16,22H,17-18H2,1H3/b16-15+. The molecule has 1 heterocycles. The van der Waals surface area contributed by atoms with Crippen molar-refractivity contribution in [3.63, 3.8) is 0 Å². The summed E-state index contributed by atoms with van der Waals surface area (Å²) >= 11 is 0. The van der Waals surface area contributed by atoms with E-state index < -0.39 is 22.0 Å². The highest BCUT2D eigenvalue weighted by Gasteiger charge is 2.33. The summed E-state index contributed by atoms with van der Waals surface area (Å²) in [6.07, 6.45) is 1.59. The molecule has 0 spiro atoms. The fourth-order valence-electron chi connectivity index (χ4n) is 3.59. The third kappa shape index (κ3) is 4.70. The van der Waals surface area contributed by atoms with Gasteiger partial charge < -0.3 is 4.74 Å². The summed E-state index contributed by atoms with van der Waals surface area (Å²) < 4.78 is 31.0.